The fraction of sp³-hybridized carbons (Fsp3) is 0.158. The van der Waals surface area contributed by atoms with Gasteiger partial charge in [0.25, 0.3) is 0 Å². The molecule has 3 heteroatoms. The van der Waals surface area contributed by atoms with Gasteiger partial charge in [-0.3, -0.25) is 0 Å². The molecular weight excluding hydrogens is 276 g/mol. The average molecular weight is 294 g/mol. The van der Waals surface area contributed by atoms with E-state index in [-0.39, 0.29) is 0 Å². The van der Waals surface area contributed by atoms with E-state index in [9.17, 15) is 5.11 Å². The predicted octanol–water partition coefficient (Wildman–Crippen LogP) is 4.18. The van der Waals surface area contributed by atoms with E-state index in [0.717, 1.165) is 28.9 Å². The van der Waals surface area contributed by atoms with E-state index >= 15 is 0 Å². The van der Waals surface area contributed by atoms with Crippen molar-refractivity contribution in [2.75, 3.05) is 7.11 Å². The summed E-state index contributed by atoms with van der Waals surface area (Å²) in [4.78, 5) is 0. The minimum atomic E-state index is 0.319. The van der Waals surface area contributed by atoms with E-state index in [1.54, 1.807) is 25.7 Å². The zero-order chi connectivity index (χ0) is 15.4. The van der Waals surface area contributed by atoms with Crippen LogP contribution in [0.25, 0.3) is 0 Å². The highest BCUT2D eigenvalue weighted by Gasteiger charge is 2.09. The molecule has 1 N–H and O–H groups in total. The van der Waals surface area contributed by atoms with E-state index in [2.05, 4.69) is 12.1 Å². The van der Waals surface area contributed by atoms with Gasteiger partial charge >= 0.3 is 0 Å². The summed E-state index contributed by atoms with van der Waals surface area (Å²) in [5, 5.41) is 9.90. The summed E-state index contributed by atoms with van der Waals surface area (Å²) in [6.07, 6.45) is 4.99. The zero-order valence-corrected chi connectivity index (χ0v) is 12.5. The molecule has 0 saturated heterocycles. The van der Waals surface area contributed by atoms with Gasteiger partial charge in [0.15, 0.2) is 0 Å². The molecule has 22 heavy (non-hydrogen) atoms. The summed E-state index contributed by atoms with van der Waals surface area (Å²) in [7, 11) is 1.66. The maximum atomic E-state index is 9.90. The minimum Gasteiger partial charge on any atom is -0.508 e. The van der Waals surface area contributed by atoms with E-state index in [1.165, 1.54) is 5.56 Å². The van der Waals surface area contributed by atoms with Crippen LogP contribution in [0.3, 0.4) is 0 Å². The number of rotatable bonds is 5. The molecule has 0 radical (unpaired) electrons. The lowest BCUT2D eigenvalue weighted by Gasteiger charge is -2.06. The Morgan fingerprint density at radius 1 is 0.864 bits per heavy atom. The molecule has 0 unspecified atom stereocenters. The number of benzene rings is 2. The van der Waals surface area contributed by atoms with Crippen LogP contribution >= 0.6 is 0 Å². The average Bonchev–Trinajstić information content (AvgIpc) is 2.97. The maximum Gasteiger partial charge on any atom is 0.119 e. The van der Waals surface area contributed by atoms with Gasteiger partial charge in [0.2, 0.25) is 0 Å². The van der Waals surface area contributed by atoms with Crippen molar-refractivity contribution in [3.8, 4) is 11.5 Å². The Morgan fingerprint density at radius 3 is 2.23 bits per heavy atom. The van der Waals surface area contributed by atoms with E-state index < -0.39 is 0 Å². The Hall–Kier alpha value is -2.68. The Labute approximate surface area is 129 Å². The molecule has 0 aliphatic heterocycles. The van der Waals surface area contributed by atoms with Gasteiger partial charge in [-0.25, -0.2) is 0 Å². The largest absolute Gasteiger partial charge is 0.508 e. The third kappa shape index (κ3) is 3.14. The van der Waals surface area contributed by atoms with Crippen LogP contribution in [-0.2, 0) is 12.8 Å². The van der Waals surface area contributed by atoms with Crippen molar-refractivity contribution in [1.29, 1.82) is 0 Å². The normalized spacial score (nSPS) is 10.6. The zero-order valence-electron chi connectivity index (χ0n) is 12.5. The molecule has 0 spiro atoms. The molecule has 0 aliphatic carbocycles. The highest BCUT2D eigenvalue weighted by molar-refractivity contribution is 5.39. The molecular formula is C19H18O3. The number of methoxy groups -OCH3 is 1. The van der Waals surface area contributed by atoms with Gasteiger partial charge in [0, 0.05) is 12.8 Å². The topological polar surface area (TPSA) is 42.6 Å². The fourth-order valence-electron chi connectivity index (χ4n) is 2.49. The molecule has 0 saturated carbocycles. The standard InChI is InChI=1S/C19H18O3/c1-21-18-8-6-14(7-9-18)10-16-12-22-13-17(16)11-15-4-2-3-5-19(15)20/h2-9,12-13,20H,10-11H2,1H3. The second-order valence-electron chi connectivity index (χ2n) is 5.25. The molecule has 0 amide bonds. The smallest absolute Gasteiger partial charge is 0.119 e. The lowest BCUT2D eigenvalue weighted by atomic mass is 9.99. The molecule has 0 fully saturated rings. The van der Waals surface area contributed by atoms with Gasteiger partial charge in [0.1, 0.15) is 11.5 Å². The van der Waals surface area contributed by atoms with E-state index in [1.807, 2.05) is 30.3 Å². The van der Waals surface area contributed by atoms with Crippen LogP contribution in [-0.4, -0.2) is 12.2 Å². The first-order valence-electron chi connectivity index (χ1n) is 7.20. The van der Waals surface area contributed by atoms with Gasteiger partial charge in [-0.05, 0) is 40.5 Å². The third-order valence-corrected chi connectivity index (χ3v) is 3.76. The molecule has 0 atom stereocenters. The van der Waals surface area contributed by atoms with Gasteiger partial charge in [-0.2, -0.15) is 0 Å². The van der Waals surface area contributed by atoms with Crippen molar-refractivity contribution in [1.82, 2.24) is 0 Å². The van der Waals surface area contributed by atoms with Gasteiger partial charge in [0.05, 0.1) is 19.6 Å². The quantitative estimate of drug-likeness (QED) is 0.767. The number of hydrogen-bond acceptors (Lipinski definition) is 3. The van der Waals surface area contributed by atoms with Crippen LogP contribution in [0, 0.1) is 0 Å². The highest BCUT2D eigenvalue weighted by atomic mass is 16.5. The molecule has 1 aromatic heterocycles. The lowest BCUT2D eigenvalue weighted by molar-refractivity contribution is 0.414. The van der Waals surface area contributed by atoms with Crippen LogP contribution in [0.15, 0.2) is 65.5 Å². The second-order valence-corrected chi connectivity index (χ2v) is 5.25. The SMILES string of the molecule is COc1ccc(Cc2cocc2Cc2ccccc2O)cc1. The summed E-state index contributed by atoms with van der Waals surface area (Å²) in [5.74, 6) is 1.17. The monoisotopic (exact) mass is 294 g/mol. The van der Waals surface area contributed by atoms with Crippen molar-refractivity contribution in [3.05, 3.63) is 83.3 Å². The molecule has 0 bridgehead atoms. The van der Waals surface area contributed by atoms with Crippen molar-refractivity contribution < 1.29 is 14.3 Å². The molecule has 0 aliphatic rings. The summed E-state index contributed by atoms with van der Waals surface area (Å²) < 4.78 is 10.5. The third-order valence-electron chi connectivity index (χ3n) is 3.76. The first-order chi connectivity index (χ1) is 10.8. The van der Waals surface area contributed by atoms with Crippen molar-refractivity contribution >= 4 is 0 Å². The lowest BCUT2D eigenvalue weighted by Crippen LogP contribution is -1.94. The number of aromatic hydroxyl groups is 1. The Bertz CT molecular complexity index is 741. The number of para-hydroxylation sites is 1. The Balaban J connectivity index is 1.78. The van der Waals surface area contributed by atoms with Crippen molar-refractivity contribution in [2.45, 2.75) is 12.8 Å². The fourth-order valence-corrected chi connectivity index (χ4v) is 2.49. The number of phenols is 1. The predicted molar refractivity (Wildman–Crippen MR) is 85.4 cm³/mol. The second kappa shape index (κ2) is 6.39. The molecule has 3 rings (SSSR count). The van der Waals surface area contributed by atoms with Gasteiger partial charge in [-0.15, -0.1) is 0 Å². The van der Waals surface area contributed by atoms with Gasteiger partial charge < -0.3 is 14.3 Å². The van der Waals surface area contributed by atoms with Crippen LogP contribution in [0.1, 0.15) is 22.3 Å². The van der Waals surface area contributed by atoms with Crippen LogP contribution in [0.5, 0.6) is 11.5 Å². The highest BCUT2D eigenvalue weighted by Crippen LogP contribution is 2.24. The van der Waals surface area contributed by atoms with E-state index in [0.29, 0.717) is 12.2 Å². The van der Waals surface area contributed by atoms with Crippen LogP contribution in [0.4, 0.5) is 0 Å². The summed E-state index contributed by atoms with van der Waals surface area (Å²) in [6.45, 7) is 0. The number of hydrogen-bond donors (Lipinski definition) is 1. The number of ether oxygens (including phenoxy) is 1. The van der Waals surface area contributed by atoms with E-state index in [4.69, 9.17) is 9.15 Å². The summed E-state index contributed by atoms with van der Waals surface area (Å²) in [5.41, 5.74) is 4.33. The van der Waals surface area contributed by atoms with Crippen LogP contribution in [0.2, 0.25) is 0 Å². The van der Waals surface area contributed by atoms with Crippen LogP contribution < -0.4 is 4.74 Å². The molecule has 1 heterocycles. The molecule has 2 aromatic carbocycles. The summed E-state index contributed by atoms with van der Waals surface area (Å²) in [6, 6.07) is 15.4. The first kappa shape index (κ1) is 14.3. The maximum absolute atomic E-state index is 9.90. The van der Waals surface area contributed by atoms with Gasteiger partial charge in [-0.1, -0.05) is 30.3 Å². The molecule has 3 aromatic rings. The Morgan fingerprint density at radius 2 is 1.55 bits per heavy atom. The summed E-state index contributed by atoms with van der Waals surface area (Å²) >= 11 is 0. The molecule has 3 nitrogen and oxygen atoms in total. The Kier molecular flexibility index (Phi) is 4.15. The minimum absolute atomic E-state index is 0.319. The van der Waals surface area contributed by atoms with Crippen molar-refractivity contribution in [3.63, 3.8) is 0 Å². The molecule has 112 valence electrons. The number of phenolic OH excluding ortho intramolecular Hbond substituents is 1. The first-order valence-corrected chi connectivity index (χ1v) is 7.20. The van der Waals surface area contributed by atoms with Crippen molar-refractivity contribution in [2.24, 2.45) is 0 Å². The number of furan rings is 1.